The van der Waals surface area contributed by atoms with Gasteiger partial charge in [-0.1, -0.05) is 24.3 Å². The molecule has 0 aliphatic heterocycles. The number of hydrogen-bond donors (Lipinski definition) is 1. The van der Waals surface area contributed by atoms with E-state index in [1.54, 1.807) is 30.3 Å². The number of carbonyl (C=O) groups excluding carboxylic acids is 3. The van der Waals surface area contributed by atoms with Crippen LogP contribution >= 0.6 is 0 Å². The van der Waals surface area contributed by atoms with Crippen LogP contribution in [-0.2, 0) is 19.1 Å². The van der Waals surface area contributed by atoms with Crippen molar-refractivity contribution in [3.8, 4) is 5.75 Å². The summed E-state index contributed by atoms with van der Waals surface area (Å²) in [6.07, 6.45) is 3.49. The maximum absolute atomic E-state index is 12.1. The second-order valence-corrected chi connectivity index (χ2v) is 4.98. The summed E-state index contributed by atoms with van der Waals surface area (Å²) in [5.41, 5.74) is -1.16. The molecular formula is C17H17NO6. The molecule has 1 aromatic rings. The van der Waals surface area contributed by atoms with Crippen LogP contribution in [0, 0.1) is 0 Å². The molecule has 1 aromatic carbocycles. The highest BCUT2D eigenvalue weighted by atomic mass is 16.6. The number of nitrogens with one attached hydrogen (secondary N) is 1. The summed E-state index contributed by atoms with van der Waals surface area (Å²) in [7, 11) is 2.47. The third-order valence-corrected chi connectivity index (χ3v) is 3.44. The molecule has 0 saturated carbocycles. The van der Waals surface area contributed by atoms with E-state index in [4.69, 9.17) is 9.47 Å². The maximum atomic E-state index is 12.1. The van der Waals surface area contributed by atoms with Gasteiger partial charge in [-0.05, 0) is 24.3 Å². The molecule has 24 heavy (non-hydrogen) atoms. The molecule has 0 spiro atoms. The molecule has 0 fully saturated rings. The summed E-state index contributed by atoms with van der Waals surface area (Å²) in [4.78, 5) is 35.7. The van der Waals surface area contributed by atoms with E-state index >= 15 is 0 Å². The lowest BCUT2D eigenvalue weighted by Crippen LogP contribution is -2.55. The lowest BCUT2D eigenvalue weighted by atomic mass is 9.88. The Balaban J connectivity index is 2.14. The summed E-state index contributed by atoms with van der Waals surface area (Å²) in [6.45, 7) is 0. The van der Waals surface area contributed by atoms with Crippen molar-refractivity contribution in [2.24, 2.45) is 0 Å². The predicted molar refractivity (Wildman–Crippen MR) is 84.2 cm³/mol. The van der Waals surface area contributed by atoms with Crippen LogP contribution in [-0.4, -0.2) is 37.8 Å². The van der Waals surface area contributed by atoms with Crippen LogP contribution in [0.5, 0.6) is 5.75 Å². The van der Waals surface area contributed by atoms with Crippen LogP contribution in [0.3, 0.4) is 0 Å². The zero-order valence-electron chi connectivity index (χ0n) is 13.3. The standard InChI is InChI=1S/C17H17NO6/c1-22-14(19)12-8-10-17(11-9-12,15(20)23-2)18-16(21)24-13-6-4-3-5-7-13/h3-10H,11H2,1-2H3,(H,18,21). The van der Waals surface area contributed by atoms with E-state index in [0.717, 1.165) is 0 Å². The van der Waals surface area contributed by atoms with E-state index in [1.807, 2.05) is 0 Å². The Hall–Kier alpha value is -3.09. The Labute approximate surface area is 138 Å². The van der Waals surface area contributed by atoms with Gasteiger partial charge in [0, 0.05) is 6.42 Å². The van der Waals surface area contributed by atoms with Crippen LogP contribution in [0.15, 0.2) is 54.1 Å². The van der Waals surface area contributed by atoms with Crippen molar-refractivity contribution < 1.29 is 28.6 Å². The molecule has 1 aliphatic carbocycles. The van der Waals surface area contributed by atoms with Gasteiger partial charge in [0.05, 0.1) is 19.8 Å². The smallest absolute Gasteiger partial charge is 0.413 e. The van der Waals surface area contributed by atoms with E-state index in [-0.39, 0.29) is 12.0 Å². The van der Waals surface area contributed by atoms with Crippen LogP contribution in [0.2, 0.25) is 0 Å². The number of ether oxygens (including phenoxy) is 3. The Morgan fingerprint density at radius 2 is 1.79 bits per heavy atom. The first-order chi connectivity index (χ1) is 11.5. The van der Waals surface area contributed by atoms with Gasteiger partial charge in [0.15, 0.2) is 5.54 Å². The maximum Gasteiger partial charge on any atom is 0.413 e. The molecule has 0 saturated heterocycles. The van der Waals surface area contributed by atoms with Gasteiger partial charge in [-0.15, -0.1) is 0 Å². The zero-order chi connectivity index (χ0) is 17.6. The van der Waals surface area contributed by atoms with E-state index < -0.39 is 23.6 Å². The number of rotatable bonds is 4. The number of carbonyl (C=O) groups is 3. The van der Waals surface area contributed by atoms with Gasteiger partial charge in [0.2, 0.25) is 0 Å². The highest BCUT2D eigenvalue weighted by Gasteiger charge is 2.40. The minimum Gasteiger partial charge on any atom is -0.467 e. The van der Waals surface area contributed by atoms with Crippen LogP contribution in [0.25, 0.3) is 0 Å². The Bertz CT molecular complexity index is 694. The molecule has 7 heteroatoms. The average molecular weight is 331 g/mol. The van der Waals surface area contributed by atoms with Gasteiger partial charge in [-0.2, -0.15) is 0 Å². The van der Waals surface area contributed by atoms with Gasteiger partial charge in [0.1, 0.15) is 5.75 Å². The largest absolute Gasteiger partial charge is 0.467 e. The van der Waals surface area contributed by atoms with Gasteiger partial charge in [-0.25, -0.2) is 14.4 Å². The number of amides is 1. The molecule has 1 amide bonds. The van der Waals surface area contributed by atoms with Gasteiger partial charge in [0.25, 0.3) is 0 Å². The molecule has 1 N–H and O–H groups in total. The van der Waals surface area contributed by atoms with Crippen molar-refractivity contribution in [1.82, 2.24) is 5.32 Å². The number of methoxy groups -OCH3 is 2. The molecule has 1 aliphatic rings. The van der Waals surface area contributed by atoms with Crippen LogP contribution in [0.4, 0.5) is 4.79 Å². The van der Waals surface area contributed by atoms with Crippen molar-refractivity contribution >= 4 is 18.0 Å². The molecule has 0 aromatic heterocycles. The minimum atomic E-state index is -1.45. The fourth-order valence-electron chi connectivity index (χ4n) is 2.19. The quantitative estimate of drug-likeness (QED) is 0.845. The van der Waals surface area contributed by atoms with Crippen molar-refractivity contribution in [2.75, 3.05) is 14.2 Å². The van der Waals surface area contributed by atoms with Crippen molar-refractivity contribution in [3.05, 3.63) is 54.1 Å². The lowest BCUT2D eigenvalue weighted by molar-refractivity contribution is -0.146. The Kier molecular flexibility index (Phi) is 5.36. The van der Waals surface area contributed by atoms with Crippen LogP contribution in [0.1, 0.15) is 6.42 Å². The number of hydrogen-bond acceptors (Lipinski definition) is 6. The second kappa shape index (κ2) is 7.45. The molecule has 1 unspecified atom stereocenters. The SMILES string of the molecule is COC(=O)C1=CCC(NC(=O)Oc2ccccc2)(C(=O)OC)C=C1. The van der Waals surface area contributed by atoms with E-state index in [2.05, 4.69) is 10.1 Å². The summed E-state index contributed by atoms with van der Waals surface area (Å²) in [5.74, 6) is -0.874. The highest BCUT2D eigenvalue weighted by molar-refractivity contribution is 5.95. The third kappa shape index (κ3) is 3.81. The van der Waals surface area contributed by atoms with Crippen molar-refractivity contribution in [2.45, 2.75) is 12.0 Å². The predicted octanol–water partition coefficient (Wildman–Crippen LogP) is 1.75. The summed E-state index contributed by atoms with van der Waals surface area (Å²) < 4.78 is 14.5. The van der Waals surface area contributed by atoms with Gasteiger partial charge >= 0.3 is 18.0 Å². The molecule has 7 nitrogen and oxygen atoms in total. The zero-order valence-corrected chi connectivity index (χ0v) is 13.3. The summed E-state index contributed by atoms with van der Waals surface area (Å²) >= 11 is 0. The van der Waals surface area contributed by atoms with E-state index in [0.29, 0.717) is 5.75 Å². The number of para-hydroxylation sites is 1. The first-order valence-electron chi connectivity index (χ1n) is 7.12. The van der Waals surface area contributed by atoms with Crippen LogP contribution < -0.4 is 10.1 Å². The monoisotopic (exact) mass is 331 g/mol. The Morgan fingerprint density at radius 3 is 2.33 bits per heavy atom. The summed E-state index contributed by atoms with van der Waals surface area (Å²) in [6, 6.07) is 8.42. The molecule has 0 radical (unpaired) electrons. The highest BCUT2D eigenvalue weighted by Crippen LogP contribution is 2.24. The lowest BCUT2D eigenvalue weighted by Gasteiger charge is -2.29. The Morgan fingerprint density at radius 1 is 1.08 bits per heavy atom. The molecule has 126 valence electrons. The van der Waals surface area contributed by atoms with Gasteiger partial charge in [-0.3, -0.25) is 0 Å². The molecule has 0 heterocycles. The normalized spacial score (nSPS) is 19.0. The fourth-order valence-corrected chi connectivity index (χ4v) is 2.19. The first-order valence-corrected chi connectivity index (χ1v) is 7.12. The summed E-state index contributed by atoms with van der Waals surface area (Å²) in [5, 5.41) is 2.49. The molecule has 2 rings (SSSR count). The van der Waals surface area contributed by atoms with E-state index in [1.165, 1.54) is 32.4 Å². The topological polar surface area (TPSA) is 90.9 Å². The number of esters is 2. The first kappa shape index (κ1) is 17.3. The minimum absolute atomic E-state index is 0.0322. The van der Waals surface area contributed by atoms with E-state index in [9.17, 15) is 14.4 Å². The van der Waals surface area contributed by atoms with Crippen molar-refractivity contribution in [3.63, 3.8) is 0 Å². The second-order valence-electron chi connectivity index (χ2n) is 4.98. The van der Waals surface area contributed by atoms with Crippen molar-refractivity contribution in [1.29, 1.82) is 0 Å². The molecule has 1 atom stereocenters. The average Bonchev–Trinajstić information content (AvgIpc) is 2.61. The fraction of sp³-hybridized carbons (Fsp3) is 0.235. The number of benzene rings is 1. The third-order valence-electron chi connectivity index (χ3n) is 3.44. The molecular weight excluding hydrogens is 314 g/mol. The van der Waals surface area contributed by atoms with Gasteiger partial charge < -0.3 is 19.5 Å². The molecule has 0 bridgehead atoms.